The topological polar surface area (TPSA) is 41.6 Å². The number of para-hydroxylation sites is 1. The monoisotopic (exact) mass is 438 g/mol. The van der Waals surface area contributed by atoms with Gasteiger partial charge in [-0.25, -0.2) is 4.79 Å². The zero-order valence-corrected chi connectivity index (χ0v) is 16.0. The third-order valence-electron chi connectivity index (χ3n) is 3.65. The highest BCUT2D eigenvalue weighted by atomic mass is 127. The molecule has 0 aliphatic heterocycles. The summed E-state index contributed by atoms with van der Waals surface area (Å²) >= 11 is 2.23. The van der Waals surface area contributed by atoms with Crippen molar-refractivity contribution in [3.05, 3.63) is 63.7 Å². The average Bonchev–Trinajstić information content (AvgIpc) is 2.60. The maximum atomic E-state index is 12.7. The van der Waals surface area contributed by atoms with E-state index in [9.17, 15) is 4.79 Å². The number of rotatable bonds is 8. The van der Waals surface area contributed by atoms with Gasteiger partial charge in [0.1, 0.15) is 0 Å². The molecule has 2 rings (SSSR count). The van der Waals surface area contributed by atoms with E-state index in [1.807, 2.05) is 59.5 Å². The van der Waals surface area contributed by atoms with Crippen LogP contribution in [0.4, 0.5) is 10.5 Å². The number of amides is 2. The fourth-order valence-corrected chi connectivity index (χ4v) is 2.88. The Labute approximate surface area is 157 Å². The number of anilines is 1. The first kappa shape index (κ1) is 18.7. The summed E-state index contributed by atoms with van der Waals surface area (Å²) in [4.78, 5) is 14.6. The smallest absolute Gasteiger partial charge is 0.322 e. The first-order valence-electron chi connectivity index (χ1n) is 8.04. The van der Waals surface area contributed by atoms with Crippen LogP contribution in [0.3, 0.4) is 0 Å². The van der Waals surface area contributed by atoms with Crippen LogP contribution in [0.5, 0.6) is 0 Å². The van der Waals surface area contributed by atoms with Crippen LogP contribution in [0, 0.1) is 3.57 Å². The molecule has 0 heterocycles. The third-order valence-corrected chi connectivity index (χ3v) is 4.59. The second-order valence-corrected chi connectivity index (χ2v) is 6.68. The summed E-state index contributed by atoms with van der Waals surface area (Å²) in [5, 5.41) is 3.02. The predicted octanol–water partition coefficient (Wildman–Crippen LogP) is 4.75. The Bertz CT molecular complexity index is 634. The normalized spacial score (nSPS) is 10.4. The van der Waals surface area contributed by atoms with Crippen molar-refractivity contribution in [2.75, 3.05) is 25.6 Å². The summed E-state index contributed by atoms with van der Waals surface area (Å²) in [5.74, 6) is 0. The molecule has 5 heteroatoms. The molecule has 0 fully saturated rings. The number of urea groups is 1. The lowest BCUT2D eigenvalue weighted by atomic mass is 10.2. The van der Waals surface area contributed by atoms with Crippen LogP contribution in [0.1, 0.15) is 18.4 Å². The van der Waals surface area contributed by atoms with E-state index in [0.29, 0.717) is 13.1 Å². The molecule has 0 saturated heterocycles. The lowest BCUT2D eigenvalue weighted by Crippen LogP contribution is -2.35. The van der Waals surface area contributed by atoms with Gasteiger partial charge >= 0.3 is 6.03 Å². The minimum absolute atomic E-state index is 0.0691. The van der Waals surface area contributed by atoms with Gasteiger partial charge in [0.2, 0.25) is 0 Å². The highest BCUT2D eigenvalue weighted by molar-refractivity contribution is 14.1. The number of nitrogens with zero attached hydrogens (tertiary/aromatic N) is 1. The Morgan fingerprint density at radius 2 is 1.79 bits per heavy atom. The van der Waals surface area contributed by atoms with Crippen molar-refractivity contribution in [3.8, 4) is 0 Å². The van der Waals surface area contributed by atoms with Gasteiger partial charge in [0.15, 0.2) is 0 Å². The Morgan fingerprint density at radius 1 is 1.08 bits per heavy atom. The summed E-state index contributed by atoms with van der Waals surface area (Å²) in [6.07, 6.45) is 1.86. The van der Waals surface area contributed by atoms with Crippen LogP contribution in [-0.4, -0.2) is 31.2 Å². The average molecular weight is 438 g/mol. The minimum atomic E-state index is -0.0691. The van der Waals surface area contributed by atoms with E-state index in [1.165, 1.54) is 0 Å². The molecule has 0 aromatic heterocycles. The van der Waals surface area contributed by atoms with Gasteiger partial charge in [-0.2, -0.15) is 0 Å². The maximum Gasteiger partial charge on any atom is 0.322 e. The van der Waals surface area contributed by atoms with E-state index < -0.39 is 0 Å². The number of ether oxygens (including phenoxy) is 1. The molecular formula is C19H23IN2O2. The lowest BCUT2D eigenvalue weighted by molar-refractivity contribution is 0.182. The minimum Gasteiger partial charge on any atom is -0.385 e. The second-order valence-electron chi connectivity index (χ2n) is 5.52. The molecule has 0 saturated carbocycles. The van der Waals surface area contributed by atoms with Crippen LogP contribution in [0.2, 0.25) is 0 Å². The summed E-state index contributed by atoms with van der Waals surface area (Å²) in [5.41, 5.74) is 1.97. The van der Waals surface area contributed by atoms with Gasteiger partial charge in [0, 0.05) is 30.4 Å². The number of carbonyl (C=O) groups excluding carboxylic acids is 1. The molecule has 4 nitrogen and oxygen atoms in total. The fraction of sp³-hybridized carbons (Fsp3) is 0.316. The Morgan fingerprint density at radius 3 is 2.50 bits per heavy atom. The third kappa shape index (κ3) is 6.13. The first-order valence-corrected chi connectivity index (χ1v) is 9.12. The molecular weight excluding hydrogens is 415 g/mol. The van der Waals surface area contributed by atoms with Crippen molar-refractivity contribution >= 4 is 34.3 Å². The van der Waals surface area contributed by atoms with E-state index in [2.05, 4.69) is 27.9 Å². The Kier molecular flexibility index (Phi) is 8.04. The van der Waals surface area contributed by atoms with Gasteiger partial charge in [0.25, 0.3) is 0 Å². The van der Waals surface area contributed by atoms with E-state index in [4.69, 9.17) is 4.74 Å². The summed E-state index contributed by atoms with van der Waals surface area (Å²) in [6, 6.07) is 17.8. The zero-order valence-electron chi connectivity index (χ0n) is 13.9. The van der Waals surface area contributed by atoms with Crippen molar-refractivity contribution in [1.29, 1.82) is 0 Å². The summed E-state index contributed by atoms with van der Waals surface area (Å²) < 4.78 is 6.12. The van der Waals surface area contributed by atoms with E-state index in [0.717, 1.165) is 34.3 Å². The van der Waals surface area contributed by atoms with Crippen molar-refractivity contribution in [2.45, 2.75) is 19.4 Å². The van der Waals surface area contributed by atoms with Gasteiger partial charge < -0.3 is 15.0 Å². The Balaban J connectivity index is 2.02. The van der Waals surface area contributed by atoms with Crippen molar-refractivity contribution in [3.63, 3.8) is 0 Å². The molecule has 0 atom stereocenters. The van der Waals surface area contributed by atoms with E-state index in [1.54, 1.807) is 7.11 Å². The summed E-state index contributed by atoms with van der Waals surface area (Å²) in [7, 11) is 1.70. The van der Waals surface area contributed by atoms with Crippen LogP contribution < -0.4 is 5.32 Å². The predicted molar refractivity (Wildman–Crippen MR) is 106 cm³/mol. The fourth-order valence-electron chi connectivity index (χ4n) is 2.36. The van der Waals surface area contributed by atoms with Gasteiger partial charge in [-0.3, -0.25) is 0 Å². The molecule has 2 amide bonds. The Hall–Kier alpha value is -1.60. The zero-order chi connectivity index (χ0) is 17.2. The van der Waals surface area contributed by atoms with Gasteiger partial charge in [-0.1, -0.05) is 42.5 Å². The molecule has 128 valence electrons. The van der Waals surface area contributed by atoms with Gasteiger partial charge in [0.05, 0.1) is 5.69 Å². The molecule has 0 unspecified atom stereocenters. The molecule has 24 heavy (non-hydrogen) atoms. The first-order chi connectivity index (χ1) is 11.7. The largest absolute Gasteiger partial charge is 0.385 e. The molecule has 2 aromatic carbocycles. The SMILES string of the molecule is COCCCCN(Cc1ccccc1)C(=O)Nc1ccccc1I. The van der Waals surface area contributed by atoms with Crippen LogP contribution >= 0.6 is 22.6 Å². The molecule has 0 radical (unpaired) electrons. The molecule has 0 aliphatic carbocycles. The standard InChI is InChI=1S/C19H23IN2O2/c1-24-14-8-7-13-22(15-16-9-3-2-4-10-16)19(23)21-18-12-6-5-11-17(18)20/h2-6,9-12H,7-8,13-15H2,1H3,(H,21,23). The highest BCUT2D eigenvalue weighted by Crippen LogP contribution is 2.18. The number of hydrogen-bond donors (Lipinski definition) is 1. The number of methoxy groups -OCH3 is 1. The number of hydrogen-bond acceptors (Lipinski definition) is 2. The van der Waals surface area contributed by atoms with E-state index in [-0.39, 0.29) is 6.03 Å². The molecule has 1 N–H and O–H groups in total. The number of nitrogens with one attached hydrogen (secondary N) is 1. The molecule has 0 bridgehead atoms. The van der Waals surface area contributed by atoms with Crippen molar-refractivity contribution in [2.24, 2.45) is 0 Å². The van der Waals surface area contributed by atoms with Crippen LogP contribution in [0.25, 0.3) is 0 Å². The van der Waals surface area contributed by atoms with Gasteiger partial charge in [-0.05, 0) is 53.1 Å². The lowest BCUT2D eigenvalue weighted by Gasteiger charge is -2.23. The highest BCUT2D eigenvalue weighted by Gasteiger charge is 2.15. The maximum absolute atomic E-state index is 12.7. The number of halogens is 1. The second kappa shape index (κ2) is 10.3. The van der Waals surface area contributed by atoms with E-state index >= 15 is 0 Å². The molecule has 0 aliphatic rings. The molecule has 2 aromatic rings. The van der Waals surface area contributed by atoms with Crippen LogP contribution in [0.15, 0.2) is 54.6 Å². The quantitative estimate of drug-likeness (QED) is 0.478. The number of benzene rings is 2. The van der Waals surface area contributed by atoms with Crippen LogP contribution in [-0.2, 0) is 11.3 Å². The number of carbonyl (C=O) groups is 1. The number of unbranched alkanes of at least 4 members (excludes halogenated alkanes) is 1. The van der Waals surface area contributed by atoms with Gasteiger partial charge in [-0.15, -0.1) is 0 Å². The van der Waals surface area contributed by atoms with Crippen molar-refractivity contribution < 1.29 is 9.53 Å². The molecule has 0 spiro atoms. The van der Waals surface area contributed by atoms with Crippen molar-refractivity contribution in [1.82, 2.24) is 4.90 Å². The summed E-state index contributed by atoms with van der Waals surface area (Å²) in [6.45, 7) is 2.02.